The molecular formula is C14H22N2O5. The second-order valence-corrected chi connectivity index (χ2v) is 6.14. The van der Waals surface area contributed by atoms with Crippen molar-refractivity contribution in [3.05, 3.63) is 0 Å². The first-order valence-corrected chi connectivity index (χ1v) is 7.32. The number of nitrogens with zero attached hydrogens (tertiary/aromatic N) is 2. The Kier molecular flexibility index (Phi) is 4.69. The fourth-order valence-corrected chi connectivity index (χ4v) is 2.74. The van der Waals surface area contributed by atoms with E-state index in [-0.39, 0.29) is 36.9 Å². The summed E-state index contributed by atoms with van der Waals surface area (Å²) in [6.07, 6.45) is 0.381. The van der Waals surface area contributed by atoms with Crippen LogP contribution in [-0.4, -0.2) is 65.2 Å². The van der Waals surface area contributed by atoms with Gasteiger partial charge in [-0.05, 0) is 12.3 Å². The molecule has 2 amide bonds. The van der Waals surface area contributed by atoms with Crippen LogP contribution in [0.2, 0.25) is 0 Å². The molecule has 0 spiro atoms. The number of hydrogen-bond acceptors (Lipinski definition) is 4. The van der Waals surface area contributed by atoms with Crippen LogP contribution in [0.25, 0.3) is 0 Å². The normalized spacial score (nSPS) is 25.8. The summed E-state index contributed by atoms with van der Waals surface area (Å²) in [5.74, 6) is -1.41. The van der Waals surface area contributed by atoms with Gasteiger partial charge in [-0.2, -0.15) is 0 Å². The fraction of sp³-hybridized carbons (Fsp3) is 0.786. The SMILES string of the molecule is CC(C)COC(=O)N1CCC(N2CC(C(=O)O)CC2=O)C1. The summed E-state index contributed by atoms with van der Waals surface area (Å²) in [4.78, 5) is 37.9. The van der Waals surface area contributed by atoms with Gasteiger partial charge < -0.3 is 19.6 Å². The van der Waals surface area contributed by atoms with E-state index in [1.807, 2.05) is 13.8 Å². The van der Waals surface area contributed by atoms with Crippen molar-refractivity contribution in [1.29, 1.82) is 0 Å². The maximum atomic E-state index is 11.9. The van der Waals surface area contributed by atoms with Crippen LogP contribution in [0.15, 0.2) is 0 Å². The van der Waals surface area contributed by atoms with Gasteiger partial charge >= 0.3 is 12.1 Å². The number of likely N-dealkylation sites (tertiary alicyclic amines) is 2. The van der Waals surface area contributed by atoms with Gasteiger partial charge in [0, 0.05) is 26.1 Å². The molecule has 21 heavy (non-hydrogen) atoms. The van der Waals surface area contributed by atoms with Crippen molar-refractivity contribution in [2.45, 2.75) is 32.7 Å². The quantitative estimate of drug-likeness (QED) is 0.829. The van der Waals surface area contributed by atoms with Crippen LogP contribution < -0.4 is 0 Å². The van der Waals surface area contributed by atoms with Gasteiger partial charge in [0.05, 0.1) is 18.6 Å². The molecule has 7 heteroatoms. The van der Waals surface area contributed by atoms with Crippen molar-refractivity contribution in [3.8, 4) is 0 Å². The number of hydrogen-bond donors (Lipinski definition) is 1. The molecule has 118 valence electrons. The summed E-state index contributed by atoms with van der Waals surface area (Å²) in [6.45, 7) is 5.53. The monoisotopic (exact) mass is 298 g/mol. The molecule has 0 aromatic carbocycles. The number of rotatable bonds is 4. The van der Waals surface area contributed by atoms with Gasteiger partial charge in [0.1, 0.15) is 0 Å². The molecule has 7 nitrogen and oxygen atoms in total. The Morgan fingerprint density at radius 1 is 1.38 bits per heavy atom. The fourth-order valence-electron chi connectivity index (χ4n) is 2.74. The van der Waals surface area contributed by atoms with Crippen LogP contribution in [-0.2, 0) is 14.3 Å². The molecule has 2 fully saturated rings. The van der Waals surface area contributed by atoms with Crippen LogP contribution in [0.3, 0.4) is 0 Å². The number of carbonyl (C=O) groups excluding carboxylic acids is 2. The molecule has 2 unspecified atom stereocenters. The third kappa shape index (κ3) is 3.65. The van der Waals surface area contributed by atoms with E-state index in [4.69, 9.17) is 9.84 Å². The van der Waals surface area contributed by atoms with Gasteiger partial charge in [-0.3, -0.25) is 9.59 Å². The van der Waals surface area contributed by atoms with E-state index in [0.717, 1.165) is 0 Å². The lowest BCUT2D eigenvalue weighted by Crippen LogP contribution is -2.40. The minimum atomic E-state index is -0.933. The van der Waals surface area contributed by atoms with E-state index in [1.54, 1.807) is 9.80 Å². The van der Waals surface area contributed by atoms with Gasteiger partial charge in [0.25, 0.3) is 0 Å². The number of ether oxygens (including phenoxy) is 1. The molecule has 0 aromatic rings. The Morgan fingerprint density at radius 2 is 2.10 bits per heavy atom. The molecule has 2 heterocycles. The van der Waals surface area contributed by atoms with E-state index >= 15 is 0 Å². The highest BCUT2D eigenvalue weighted by Gasteiger charge is 2.41. The minimum absolute atomic E-state index is 0.0592. The first-order valence-electron chi connectivity index (χ1n) is 7.32. The third-order valence-corrected chi connectivity index (χ3v) is 3.91. The lowest BCUT2D eigenvalue weighted by atomic mass is 10.1. The van der Waals surface area contributed by atoms with Crippen molar-refractivity contribution < 1.29 is 24.2 Å². The molecule has 2 atom stereocenters. The Morgan fingerprint density at radius 3 is 2.67 bits per heavy atom. The molecule has 1 N–H and O–H groups in total. The van der Waals surface area contributed by atoms with E-state index in [2.05, 4.69) is 0 Å². The van der Waals surface area contributed by atoms with E-state index in [0.29, 0.717) is 26.1 Å². The minimum Gasteiger partial charge on any atom is -0.481 e. The predicted molar refractivity (Wildman–Crippen MR) is 73.6 cm³/mol. The highest BCUT2D eigenvalue weighted by atomic mass is 16.6. The maximum absolute atomic E-state index is 11.9. The van der Waals surface area contributed by atoms with Crippen LogP contribution in [0, 0.1) is 11.8 Å². The molecule has 0 radical (unpaired) electrons. The summed E-state index contributed by atoms with van der Waals surface area (Å²) >= 11 is 0. The van der Waals surface area contributed by atoms with Gasteiger partial charge in [-0.1, -0.05) is 13.8 Å². The highest BCUT2D eigenvalue weighted by molar-refractivity contribution is 5.86. The smallest absolute Gasteiger partial charge is 0.409 e. The Bertz CT molecular complexity index is 437. The van der Waals surface area contributed by atoms with Crippen molar-refractivity contribution >= 4 is 18.0 Å². The predicted octanol–water partition coefficient (Wildman–Crippen LogP) is 0.786. The molecule has 2 aliphatic rings. The molecule has 2 rings (SSSR count). The first-order chi connectivity index (χ1) is 9.88. The molecular weight excluding hydrogens is 276 g/mol. The lowest BCUT2D eigenvalue weighted by Gasteiger charge is -2.24. The van der Waals surface area contributed by atoms with Crippen LogP contribution >= 0.6 is 0 Å². The Balaban J connectivity index is 1.86. The number of carboxylic acid groups (broad SMARTS) is 1. The summed E-state index contributed by atoms with van der Waals surface area (Å²) in [6, 6.07) is -0.0894. The number of carbonyl (C=O) groups is 3. The highest BCUT2D eigenvalue weighted by Crippen LogP contribution is 2.25. The standard InChI is InChI=1S/C14H22N2O5/c1-9(2)8-21-14(20)15-4-3-11(7-15)16-6-10(13(18)19)5-12(16)17/h9-11H,3-8H2,1-2H3,(H,18,19). The summed E-state index contributed by atoms with van der Waals surface area (Å²) in [5.41, 5.74) is 0. The molecule has 0 aliphatic carbocycles. The van der Waals surface area contributed by atoms with Gasteiger partial charge in [-0.25, -0.2) is 4.79 Å². The average molecular weight is 298 g/mol. The molecule has 2 aliphatic heterocycles. The number of amides is 2. The van der Waals surface area contributed by atoms with Crippen LogP contribution in [0.1, 0.15) is 26.7 Å². The molecule has 0 saturated carbocycles. The van der Waals surface area contributed by atoms with Gasteiger partial charge in [0.15, 0.2) is 0 Å². The van der Waals surface area contributed by atoms with E-state index in [1.165, 1.54) is 0 Å². The van der Waals surface area contributed by atoms with Gasteiger partial charge in [0.2, 0.25) is 5.91 Å². The van der Waals surface area contributed by atoms with Crippen LogP contribution in [0.5, 0.6) is 0 Å². The number of carboxylic acids is 1. The molecule has 0 bridgehead atoms. The topological polar surface area (TPSA) is 87.2 Å². The maximum Gasteiger partial charge on any atom is 0.409 e. The summed E-state index contributed by atoms with van der Waals surface area (Å²) < 4.78 is 5.17. The third-order valence-electron chi connectivity index (χ3n) is 3.91. The van der Waals surface area contributed by atoms with Crippen molar-refractivity contribution in [3.63, 3.8) is 0 Å². The number of aliphatic carboxylic acids is 1. The molecule has 2 saturated heterocycles. The largest absolute Gasteiger partial charge is 0.481 e. The van der Waals surface area contributed by atoms with Crippen molar-refractivity contribution in [1.82, 2.24) is 9.80 Å². The molecule has 0 aromatic heterocycles. The van der Waals surface area contributed by atoms with Crippen molar-refractivity contribution in [2.75, 3.05) is 26.2 Å². The zero-order valence-electron chi connectivity index (χ0n) is 12.4. The van der Waals surface area contributed by atoms with E-state index < -0.39 is 11.9 Å². The summed E-state index contributed by atoms with van der Waals surface area (Å²) in [5, 5.41) is 8.99. The van der Waals surface area contributed by atoms with E-state index in [9.17, 15) is 14.4 Å². The van der Waals surface area contributed by atoms with Crippen molar-refractivity contribution in [2.24, 2.45) is 11.8 Å². The average Bonchev–Trinajstić information content (AvgIpc) is 3.02. The zero-order chi connectivity index (χ0) is 15.6. The Labute approximate surface area is 123 Å². The van der Waals surface area contributed by atoms with Gasteiger partial charge in [-0.15, -0.1) is 0 Å². The second kappa shape index (κ2) is 6.32. The van der Waals surface area contributed by atoms with Crippen LogP contribution in [0.4, 0.5) is 4.79 Å². The Hall–Kier alpha value is -1.79. The first kappa shape index (κ1) is 15.6. The lowest BCUT2D eigenvalue weighted by molar-refractivity contribution is -0.141. The summed E-state index contributed by atoms with van der Waals surface area (Å²) in [7, 11) is 0. The second-order valence-electron chi connectivity index (χ2n) is 6.14. The zero-order valence-corrected chi connectivity index (χ0v) is 12.4.